The van der Waals surface area contributed by atoms with Gasteiger partial charge in [-0.2, -0.15) is 0 Å². The average Bonchev–Trinajstić information content (AvgIpc) is 3.85. The molecule has 0 N–H and O–H groups in total. The molecular formula is C51H31N3O2. The fraction of sp³-hybridized carbons (Fsp3) is 0. The van der Waals surface area contributed by atoms with Crippen molar-refractivity contribution < 1.29 is 8.83 Å². The maximum Gasteiger partial charge on any atom is 0.164 e. The highest BCUT2D eigenvalue weighted by Crippen LogP contribution is 2.41. The zero-order chi connectivity index (χ0) is 37.0. The molecule has 0 aliphatic rings. The molecule has 0 fully saturated rings. The maximum absolute atomic E-state index is 6.54. The van der Waals surface area contributed by atoms with Gasteiger partial charge >= 0.3 is 0 Å². The average molecular weight is 718 g/mol. The van der Waals surface area contributed by atoms with Gasteiger partial charge < -0.3 is 8.83 Å². The fourth-order valence-electron chi connectivity index (χ4n) is 7.80. The SMILES string of the molecule is c1ccc(-c2nc(-c3ccccc3)nc(-c3cccc4oc5cc(-c6ccc(-c7cc(-c8ccccc8)c8oc9ccccc9c8c7)cc6)ccc5c34)n2)cc1. The van der Waals surface area contributed by atoms with Crippen LogP contribution in [-0.4, -0.2) is 15.0 Å². The molecule has 0 bridgehead atoms. The number of para-hydroxylation sites is 1. The first-order valence-corrected chi connectivity index (χ1v) is 18.7. The van der Waals surface area contributed by atoms with Crippen molar-refractivity contribution in [3.8, 4) is 67.5 Å². The van der Waals surface area contributed by atoms with Crippen LogP contribution in [0, 0.1) is 0 Å². The Morgan fingerprint density at radius 1 is 0.286 bits per heavy atom. The topological polar surface area (TPSA) is 65.0 Å². The monoisotopic (exact) mass is 717 g/mol. The zero-order valence-electron chi connectivity index (χ0n) is 30.1. The Morgan fingerprint density at radius 2 is 0.857 bits per heavy atom. The predicted octanol–water partition coefficient (Wildman–Crippen LogP) is 13.7. The van der Waals surface area contributed by atoms with E-state index >= 15 is 0 Å². The summed E-state index contributed by atoms with van der Waals surface area (Å²) in [4.78, 5) is 14.9. The first-order chi connectivity index (χ1) is 27.7. The number of benzene rings is 8. The van der Waals surface area contributed by atoms with Crippen molar-refractivity contribution in [1.82, 2.24) is 15.0 Å². The third-order valence-electron chi connectivity index (χ3n) is 10.6. The van der Waals surface area contributed by atoms with Crippen molar-refractivity contribution in [2.24, 2.45) is 0 Å². The Balaban J connectivity index is 0.988. The Hall–Kier alpha value is -7.63. The predicted molar refractivity (Wildman–Crippen MR) is 227 cm³/mol. The van der Waals surface area contributed by atoms with Crippen LogP contribution in [-0.2, 0) is 0 Å². The van der Waals surface area contributed by atoms with E-state index in [0.717, 1.165) is 93.9 Å². The molecule has 0 aliphatic heterocycles. The van der Waals surface area contributed by atoms with Crippen LogP contribution in [0.3, 0.4) is 0 Å². The molecule has 3 heterocycles. The molecule has 0 radical (unpaired) electrons. The smallest absolute Gasteiger partial charge is 0.164 e. The van der Waals surface area contributed by atoms with Crippen LogP contribution in [0.2, 0.25) is 0 Å². The van der Waals surface area contributed by atoms with Crippen LogP contribution < -0.4 is 0 Å². The molecule has 11 rings (SSSR count). The fourth-order valence-corrected chi connectivity index (χ4v) is 7.80. The van der Waals surface area contributed by atoms with E-state index < -0.39 is 0 Å². The van der Waals surface area contributed by atoms with Crippen molar-refractivity contribution in [3.63, 3.8) is 0 Å². The third kappa shape index (κ3) is 5.45. The van der Waals surface area contributed by atoms with E-state index in [1.807, 2.05) is 91.0 Å². The summed E-state index contributed by atoms with van der Waals surface area (Å²) in [6.07, 6.45) is 0. The minimum absolute atomic E-state index is 0.600. The van der Waals surface area contributed by atoms with Crippen LogP contribution in [0.4, 0.5) is 0 Å². The summed E-state index contributed by atoms with van der Waals surface area (Å²) in [7, 11) is 0. The van der Waals surface area contributed by atoms with E-state index in [4.69, 9.17) is 23.8 Å². The third-order valence-corrected chi connectivity index (χ3v) is 10.6. The molecule has 0 unspecified atom stereocenters. The van der Waals surface area contributed by atoms with Gasteiger partial charge in [0.15, 0.2) is 17.5 Å². The number of fused-ring (bicyclic) bond motifs is 6. The van der Waals surface area contributed by atoms with Crippen LogP contribution in [0.5, 0.6) is 0 Å². The molecule has 0 spiro atoms. The normalized spacial score (nSPS) is 11.6. The van der Waals surface area contributed by atoms with Crippen LogP contribution in [0.15, 0.2) is 197 Å². The molecular weight excluding hydrogens is 687 g/mol. The lowest BCUT2D eigenvalue weighted by Gasteiger charge is -2.09. The molecule has 11 aromatic rings. The van der Waals surface area contributed by atoms with Crippen molar-refractivity contribution in [2.75, 3.05) is 0 Å². The molecule has 8 aromatic carbocycles. The number of rotatable bonds is 6. The largest absolute Gasteiger partial charge is 0.456 e. The summed E-state index contributed by atoms with van der Waals surface area (Å²) in [6.45, 7) is 0. The van der Waals surface area contributed by atoms with Gasteiger partial charge in [0, 0.05) is 43.8 Å². The molecule has 0 aliphatic carbocycles. The number of furan rings is 2. The Bertz CT molecular complexity index is 3170. The molecule has 0 amide bonds. The standard InChI is InChI=1S/C51H31N3O2/c1-4-13-34(14-5-1)42-29-38(30-43-39-19-10-11-21-44(39)56-48(42)43)33-25-23-32(24-26-33)37-27-28-40-46(31-37)55-45-22-12-20-41(47(40)45)51-53-49(35-15-6-2-7-16-35)52-50(54-51)36-17-8-3-9-18-36/h1-31H. The lowest BCUT2D eigenvalue weighted by atomic mass is 9.94. The van der Waals surface area contributed by atoms with Gasteiger partial charge in [-0.15, -0.1) is 0 Å². The second-order valence-corrected chi connectivity index (χ2v) is 14.0. The minimum Gasteiger partial charge on any atom is -0.456 e. The summed E-state index contributed by atoms with van der Waals surface area (Å²) in [5, 5.41) is 4.21. The first kappa shape index (κ1) is 31.9. The van der Waals surface area contributed by atoms with Gasteiger partial charge in [-0.1, -0.05) is 152 Å². The molecule has 0 saturated heterocycles. The summed E-state index contributed by atoms with van der Waals surface area (Å²) in [5.74, 6) is 1.85. The van der Waals surface area contributed by atoms with E-state index in [-0.39, 0.29) is 0 Å². The minimum atomic E-state index is 0.600. The molecule has 262 valence electrons. The molecule has 5 heteroatoms. The quantitative estimate of drug-likeness (QED) is 0.171. The zero-order valence-corrected chi connectivity index (χ0v) is 30.1. The highest BCUT2D eigenvalue weighted by molar-refractivity contribution is 6.13. The molecule has 56 heavy (non-hydrogen) atoms. The van der Waals surface area contributed by atoms with Crippen molar-refractivity contribution in [2.45, 2.75) is 0 Å². The van der Waals surface area contributed by atoms with Crippen LogP contribution >= 0.6 is 0 Å². The Kier molecular flexibility index (Phi) is 7.42. The van der Waals surface area contributed by atoms with Gasteiger partial charge in [0.1, 0.15) is 22.3 Å². The molecule has 0 saturated carbocycles. The van der Waals surface area contributed by atoms with E-state index in [0.29, 0.717) is 17.5 Å². The lowest BCUT2D eigenvalue weighted by molar-refractivity contribution is 0.669. The first-order valence-electron chi connectivity index (χ1n) is 18.7. The van der Waals surface area contributed by atoms with Gasteiger partial charge in [-0.25, -0.2) is 15.0 Å². The summed E-state index contributed by atoms with van der Waals surface area (Å²) < 4.78 is 13.0. The van der Waals surface area contributed by atoms with Crippen molar-refractivity contribution in [1.29, 1.82) is 0 Å². The van der Waals surface area contributed by atoms with Gasteiger partial charge in [0.2, 0.25) is 0 Å². The summed E-state index contributed by atoms with van der Waals surface area (Å²) in [5.41, 5.74) is 12.8. The van der Waals surface area contributed by atoms with Gasteiger partial charge in [-0.3, -0.25) is 0 Å². The number of hydrogen-bond acceptors (Lipinski definition) is 5. The number of hydrogen-bond donors (Lipinski definition) is 0. The van der Waals surface area contributed by atoms with Gasteiger partial charge in [0.25, 0.3) is 0 Å². The number of nitrogens with zero attached hydrogens (tertiary/aromatic N) is 3. The molecule has 5 nitrogen and oxygen atoms in total. The Morgan fingerprint density at radius 3 is 1.55 bits per heavy atom. The lowest BCUT2D eigenvalue weighted by Crippen LogP contribution is -2.00. The van der Waals surface area contributed by atoms with Crippen molar-refractivity contribution >= 4 is 43.9 Å². The van der Waals surface area contributed by atoms with E-state index in [1.54, 1.807) is 0 Å². The highest BCUT2D eigenvalue weighted by atomic mass is 16.3. The second-order valence-electron chi connectivity index (χ2n) is 14.0. The van der Waals surface area contributed by atoms with Crippen LogP contribution in [0.1, 0.15) is 0 Å². The highest BCUT2D eigenvalue weighted by Gasteiger charge is 2.19. The summed E-state index contributed by atoms with van der Waals surface area (Å²) >= 11 is 0. The molecule has 0 atom stereocenters. The molecule has 3 aromatic heterocycles. The summed E-state index contributed by atoms with van der Waals surface area (Å²) in [6, 6.07) is 64.6. The van der Waals surface area contributed by atoms with E-state index in [2.05, 4.69) is 97.1 Å². The van der Waals surface area contributed by atoms with Gasteiger partial charge in [0.05, 0.1) is 0 Å². The van der Waals surface area contributed by atoms with Gasteiger partial charge in [-0.05, 0) is 64.2 Å². The Labute approximate surface area is 322 Å². The number of aromatic nitrogens is 3. The van der Waals surface area contributed by atoms with E-state index in [9.17, 15) is 0 Å². The second kappa shape index (κ2) is 13.0. The van der Waals surface area contributed by atoms with Crippen molar-refractivity contribution in [3.05, 3.63) is 188 Å². The van der Waals surface area contributed by atoms with Crippen LogP contribution in [0.25, 0.3) is 111 Å². The maximum atomic E-state index is 6.54. The van der Waals surface area contributed by atoms with E-state index in [1.165, 1.54) is 0 Å².